The van der Waals surface area contributed by atoms with E-state index in [0.717, 1.165) is 5.92 Å². The Morgan fingerprint density at radius 2 is 1.87 bits per heavy atom. The van der Waals surface area contributed by atoms with Crippen molar-refractivity contribution in [2.75, 3.05) is 19.6 Å². The van der Waals surface area contributed by atoms with Crippen LogP contribution in [0.15, 0.2) is 0 Å². The third-order valence-corrected chi connectivity index (χ3v) is 4.18. The van der Waals surface area contributed by atoms with Gasteiger partial charge in [0.25, 0.3) is 0 Å². The molecule has 2 saturated heterocycles. The molecule has 2 rings (SSSR count). The molecule has 0 bridgehead atoms. The van der Waals surface area contributed by atoms with Gasteiger partial charge in [-0.1, -0.05) is 33.6 Å². The van der Waals surface area contributed by atoms with Crippen LogP contribution in [0.3, 0.4) is 0 Å². The summed E-state index contributed by atoms with van der Waals surface area (Å²) in [7, 11) is 0. The molecule has 88 valence electrons. The minimum atomic E-state index is 0.477. The summed E-state index contributed by atoms with van der Waals surface area (Å²) >= 11 is 0. The van der Waals surface area contributed by atoms with Crippen molar-refractivity contribution < 1.29 is 0 Å². The number of nitrogens with one attached hydrogen (secondary N) is 1. The van der Waals surface area contributed by atoms with E-state index in [9.17, 15) is 0 Å². The van der Waals surface area contributed by atoms with Crippen LogP contribution in [0.4, 0.5) is 0 Å². The van der Waals surface area contributed by atoms with Crippen LogP contribution in [0, 0.1) is 11.3 Å². The van der Waals surface area contributed by atoms with Gasteiger partial charge in [0.2, 0.25) is 0 Å². The first kappa shape index (κ1) is 11.4. The minimum Gasteiger partial charge on any atom is -0.300 e. The van der Waals surface area contributed by atoms with E-state index in [1.54, 1.807) is 0 Å². The second-order valence-corrected chi connectivity index (χ2v) is 6.31. The van der Waals surface area contributed by atoms with Crippen molar-refractivity contribution in [3.8, 4) is 0 Å². The van der Waals surface area contributed by atoms with Crippen molar-refractivity contribution >= 4 is 0 Å². The van der Waals surface area contributed by atoms with Gasteiger partial charge in [0, 0.05) is 19.6 Å². The lowest BCUT2D eigenvalue weighted by Crippen LogP contribution is -2.42. The topological polar surface area (TPSA) is 15.3 Å². The van der Waals surface area contributed by atoms with Gasteiger partial charge in [0.1, 0.15) is 0 Å². The summed E-state index contributed by atoms with van der Waals surface area (Å²) in [5.74, 6) is 0.875. The molecule has 0 aromatic heterocycles. The molecule has 2 atom stereocenters. The van der Waals surface area contributed by atoms with Crippen LogP contribution >= 0.6 is 0 Å². The van der Waals surface area contributed by atoms with Gasteiger partial charge in [0.05, 0.1) is 6.17 Å². The molecule has 1 N–H and O–H groups in total. The highest BCUT2D eigenvalue weighted by molar-refractivity contribution is 4.85. The Morgan fingerprint density at radius 1 is 1.13 bits per heavy atom. The Balaban J connectivity index is 2.01. The van der Waals surface area contributed by atoms with Crippen molar-refractivity contribution in [1.29, 1.82) is 0 Å². The lowest BCUT2D eigenvalue weighted by molar-refractivity contribution is 0.106. The highest BCUT2D eigenvalue weighted by atomic mass is 15.3. The van der Waals surface area contributed by atoms with Crippen LogP contribution in [0.5, 0.6) is 0 Å². The van der Waals surface area contributed by atoms with Crippen LogP contribution in [0.2, 0.25) is 0 Å². The maximum Gasteiger partial charge on any atom is 0.0598 e. The van der Waals surface area contributed by atoms with E-state index in [4.69, 9.17) is 0 Å². The molecular formula is C13H26N2. The monoisotopic (exact) mass is 210 g/mol. The van der Waals surface area contributed by atoms with Gasteiger partial charge in [-0.2, -0.15) is 0 Å². The molecule has 0 aromatic carbocycles. The fourth-order valence-electron chi connectivity index (χ4n) is 2.97. The van der Waals surface area contributed by atoms with Gasteiger partial charge in [-0.3, -0.25) is 4.90 Å². The maximum atomic E-state index is 3.62. The molecule has 0 aromatic rings. The normalized spacial score (nSPS) is 34.6. The number of fused-ring (bicyclic) bond motifs is 1. The first-order valence-electron chi connectivity index (χ1n) is 6.55. The van der Waals surface area contributed by atoms with E-state index in [1.165, 1.54) is 45.3 Å². The fourth-order valence-corrected chi connectivity index (χ4v) is 2.97. The van der Waals surface area contributed by atoms with E-state index in [-0.39, 0.29) is 0 Å². The first-order valence-corrected chi connectivity index (χ1v) is 6.55. The van der Waals surface area contributed by atoms with Gasteiger partial charge in [-0.25, -0.2) is 0 Å². The van der Waals surface area contributed by atoms with Crippen molar-refractivity contribution in [2.24, 2.45) is 11.3 Å². The Kier molecular flexibility index (Phi) is 3.36. The molecule has 2 fully saturated rings. The van der Waals surface area contributed by atoms with Crippen LogP contribution in [0.25, 0.3) is 0 Å². The van der Waals surface area contributed by atoms with Crippen LogP contribution < -0.4 is 5.32 Å². The van der Waals surface area contributed by atoms with Gasteiger partial charge < -0.3 is 5.32 Å². The Morgan fingerprint density at radius 3 is 2.60 bits per heavy atom. The minimum absolute atomic E-state index is 0.477. The van der Waals surface area contributed by atoms with E-state index in [2.05, 4.69) is 31.0 Å². The van der Waals surface area contributed by atoms with E-state index in [0.29, 0.717) is 11.6 Å². The predicted octanol–water partition coefficient (Wildman–Crippen LogP) is 2.45. The third kappa shape index (κ3) is 2.73. The van der Waals surface area contributed by atoms with Crippen LogP contribution in [0.1, 0.15) is 46.5 Å². The number of rotatable bonds is 0. The number of hydrogen-bond acceptors (Lipinski definition) is 2. The van der Waals surface area contributed by atoms with Gasteiger partial charge in [0.15, 0.2) is 0 Å². The molecule has 0 spiro atoms. The van der Waals surface area contributed by atoms with Crippen LogP contribution in [-0.2, 0) is 0 Å². The molecular weight excluding hydrogens is 184 g/mol. The molecule has 0 radical (unpaired) electrons. The summed E-state index contributed by atoms with van der Waals surface area (Å²) in [6.45, 7) is 11.0. The molecule has 2 heterocycles. The lowest BCUT2D eigenvalue weighted by atomic mass is 9.76. The second-order valence-electron chi connectivity index (χ2n) is 6.31. The third-order valence-electron chi connectivity index (χ3n) is 4.18. The summed E-state index contributed by atoms with van der Waals surface area (Å²) in [4.78, 5) is 2.68. The molecule has 0 amide bonds. The molecule has 2 aliphatic heterocycles. The predicted molar refractivity (Wildman–Crippen MR) is 64.8 cm³/mol. The summed E-state index contributed by atoms with van der Waals surface area (Å²) in [5.41, 5.74) is 0.477. The van der Waals surface area contributed by atoms with Crippen LogP contribution in [-0.4, -0.2) is 30.7 Å². The summed E-state index contributed by atoms with van der Waals surface area (Å²) < 4.78 is 0. The Labute approximate surface area is 94.4 Å². The zero-order valence-corrected chi connectivity index (χ0v) is 10.6. The number of nitrogens with zero attached hydrogens (tertiary/aromatic N) is 1. The molecule has 2 aliphatic rings. The molecule has 0 aliphatic carbocycles. The summed E-state index contributed by atoms with van der Waals surface area (Å²) in [6.07, 6.45) is 6.30. The average molecular weight is 210 g/mol. The molecule has 15 heavy (non-hydrogen) atoms. The summed E-state index contributed by atoms with van der Waals surface area (Å²) in [5, 5.41) is 3.62. The van der Waals surface area contributed by atoms with Crippen molar-refractivity contribution in [3.63, 3.8) is 0 Å². The van der Waals surface area contributed by atoms with E-state index >= 15 is 0 Å². The molecule has 2 unspecified atom stereocenters. The lowest BCUT2D eigenvalue weighted by Gasteiger charge is -2.38. The smallest absolute Gasteiger partial charge is 0.0598 e. The number of hydrogen-bond donors (Lipinski definition) is 1. The van der Waals surface area contributed by atoms with E-state index < -0.39 is 0 Å². The molecule has 2 heteroatoms. The zero-order chi connectivity index (χ0) is 10.9. The second kappa shape index (κ2) is 4.42. The van der Waals surface area contributed by atoms with Gasteiger partial charge >= 0.3 is 0 Å². The van der Waals surface area contributed by atoms with Crippen molar-refractivity contribution in [3.05, 3.63) is 0 Å². The van der Waals surface area contributed by atoms with Crippen molar-refractivity contribution in [2.45, 2.75) is 52.6 Å². The Hall–Kier alpha value is -0.0800. The highest BCUT2D eigenvalue weighted by Gasteiger charge is 2.32. The Bertz CT molecular complexity index is 207. The average Bonchev–Trinajstić information content (AvgIpc) is 2.48. The fraction of sp³-hybridized carbons (Fsp3) is 1.00. The molecule has 2 nitrogen and oxygen atoms in total. The quantitative estimate of drug-likeness (QED) is 0.661. The largest absolute Gasteiger partial charge is 0.300 e. The standard InChI is InChI=1S/C13H26N2/c1-13(2,3)11-6-4-5-7-12-14-8-9-15(12)10-11/h11-12,14H,4-10H2,1-3H3. The van der Waals surface area contributed by atoms with Crippen molar-refractivity contribution in [1.82, 2.24) is 10.2 Å². The maximum absolute atomic E-state index is 3.62. The SMILES string of the molecule is CC(C)(C)C1CCCCC2NCCN2C1. The molecule has 0 saturated carbocycles. The zero-order valence-electron chi connectivity index (χ0n) is 10.6. The van der Waals surface area contributed by atoms with Gasteiger partial charge in [-0.05, 0) is 24.2 Å². The first-order chi connectivity index (χ1) is 7.07. The van der Waals surface area contributed by atoms with Gasteiger partial charge in [-0.15, -0.1) is 0 Å². The van der Waals surface area contributed by atoms with E-state index in [1.807, 2.05) is 0 Å². The summed E-state index contributed by atoms with van der Waals surface area (Å²) in [6, 6.07) is 0. The highest BCUT2D eigenvalue weighted by Crippen LogP contribution is 2.33.